The molecule has 0 aliphatic rings. The van der Waals surface area contributed by atoms with E-state index in [2.05, 4.69) is 53.7 Å². The molecule has 0 radical (unpaired) electrons. The highest BCUT2D eigenvalue weighted by atomic mass is 28.3. The molecule has 0 aromatic rings. The zero-order valence-corrected chi connectivity index (χ0v) is 20.1. The van der Waals surface area contributed by atoms with Crippen molar-refractivity contribution in [3.63, 3.8) is 0 Å². The van der Waals surface area contributed by atoms with E-state index in [0.29, 0.717) is 0 Å². The van der Waals surface area contributed by atoms with Gasteiger partial charge in [0, 0.05) is 0 Å². The molecule has 0 saturated heterocycles. The van der Waals surface area contributed by atoms with Gasteiger partial charge in [0.25, 0.3) is 0 Å². The molecule has 0 atom stereocenters. The van der Waals surface area contributed by atoms with Crippen LogP contribution in [-0.2, 0) is 0 Å². The van der Waals surface area contributed by atoms with Gasteiger partial charge in [0.2, 0.25) is 0 Å². The SMILES string of the molecule is CCC[Si](C/C=C/C[Si](CCC)(CCC)CCC)(CCC)CCC. The predicted molar refractivity (Wildman–Crippen MR) is 121 cm³/mol. The molecular formula is C22H48Si2. The topological polar surface area (TPSA) is 0 Å². The summed E-state index contributed by atoms with van der Waals surface area (Å²) in [6.45, 7) is 14.4. The summed E-state index contributed by atoms with van der Waals surface area (Å²) in [5, 5.41) is 0. The fourth-order valence-corrected chi connectivity index (χ4v) is 15.6. The molecule has 144 valence electrons. The molecule has 0 nitrogen and oxygen atoms in total. The molecule has 0 amide bonds. The minimum Gasteiger partial charge on any atom is -0.0915 e. The van der Waals surface area contributed by atoms with Crippen LogP contribution in [0.5, 0.6) is 0 Å². The summed E-state index contributed by atoms with van der Waals surface area (Å²) >= 11 is 0. The Morgan fingerprint density at radius 2 is 0.625 bits per heavy atom. The predicted octanol–water partition coefficient (Wildman–Crippen LogP) is 8.90. The van der Waals surface area contributed by atoms with Crippen molar-refractivity contribution < 1.29 is 0 Å². The average Bonchev–Trinajstić information content (AvgIpc) is 2.53. The zero-order valence-electron chi connectivity index (χ0n) is 18.1. The molecule has 0 N–H and O–H groups in total. The zero-order chi connectivity index (χ0) is 18.3. The average molecular weight is 369 g/mol. The van der Waals surface area contributed by atoms with Crippen LogP contribution in [0.4, 0.5) is 0 Å². The highest BCUT2D eigenvalue weighted by molar-refractivity contribution is 6.81. The van der Waals surface area contributed by atoms with E-state index in [0.717, 1.165) is 0 Å². The van der Waals surface area contributed by atoms with Gasteiger partial charge in [-0.05, 0) is 12.1 Å². The van der Waals surface area contributed by atoms with E-state index >= 15 is 0 Å². The Morgan fingerprint density at radius 3 is 0.792 bits per heavy atom. The van der Waals surface area contributed by atoms with Gasteiger partial charge in [0.05, 0.1) is 16.1 Å². The monoisotopic (exact) mass is 368 g/mol. The van der Waals surface area contributed by atoms with Gasteiger partial charge in [-0.3, -0.25) is 0 Å². The van der Waals surface area contributed by atoms with Crippen LogP contribution in [0, 0.1) is 0 Å². The third kappa shape index (κ3) is 9.03. The van der Waals surface area contributed by atoms with Crippen molar-refractivity contribution in [3.8, 4) is 0 Å². The lowest BCUT2D eigenvalue weighted by Crippen LogP contribution is -2.33. The molecule has 0 aliphatic carbocycles. The number of rotatable bonds is 16. The maximum Gasteiger partial charge on any atom is 0.0573 e. The number of hydrogen-bond acceptors (Lipinski definition) is 0. The van der Waals surface area contributed by atoms with E-state index in [9.17, 15) is 0 Å². The van der Waals surface area contributed by atoms with E-state index in [1.165, 1.54) is 50.6 Å². The van der Waals surface area contributed by atoms with Gasteiger partial charge in [-0.1, -0.05) is 128 Å². The number of allylic oxidation sites excluding steroid dienone is 2. The Hall–Kier alpha value is 0.174. The largest absolute Gasteiger partial charge is 0.0915 e. The van der Waals surface area contributed by atoms with E-state index in [1.807, 2.05) is 0 Å². The lowest BCUT2D eigenvalue weighted by Gasteiger charge is -2.32. The molecule has 0 bridgehead atoms. The standard InChI is InChI=1S/C22H48Si2/c1-7-15-23(16-8-2,17-9-3)21-13-14-22-24(18-10-4,19-11-5)20-12-6/h13-14H,7-12,15-22H2,1-6H3/b14-13+. The second kappa shape index (κ2) is 14.4. The third-order valence-electron chi connectivity index (χ3n) is 5.95. The molecule has 0 rings (SSSR count). The van der Waals surface area contributed by atoms with Crippen LogP contribution < -0.4 is 0 Å². The fourth-order valence-electron chi connectivity index (χ4n) is 5.21. The summed E-state index contributed by atoms with van der Waals surface area (Å²) in [6, 6.07) is 12.3. The third-order valence-corrected chi connectivity index (χ3v) is 17.5. The van der Waals surface area contributed by atoms with Crippen molar-refractivity contribution in [2.24, 2.45) is 0 Å². The maximum absolute atomic E-state index is 2.66. The van der Waals surface area contributed by atoms with Gasteiger partial charge in [0.1, 0.15) is 0 Å². The summed E-state index contributed by atoms with van der Waals surface area (Å²) in [5.41, 5.74) is 0. The van der Waals surface area contributed by atoms with Crippen LogP contribution in [0.1, 0.15) is 80.1 Å². The van der Waals surface area contributed by atoms with Gasteiger partial charge < -0.3 is 0 Å². The van der Waals surface area contributed by atoms with Crippen LogP contribution in [0.15, 0.2) is 12.2 Å². The first kappa shape index (κ1) is 24.2. The summed E-state index contributed by atoms with van der Waals surface area (Å²) < 4.78 is 0. The fraction of sp³-hybridized carbons (Fsp3) is 0.909. The van der Waals surface area contributed by atoms with E-state index < -0.39 is 16.1 Å². The first-order valence-corrected chi connectivity index (χ1v) is 16.9. The Labute approximate surface area is 156 Å². The molecule has 0 saturated carbocycles. The molecule has 0 spiro atoms. The Kier molecular flexibility index (Phi) is 14.5. The number of hydrogen-bond donors (Lipinski definition) is 0. The van der Waals surface area contributed by atoms with E-state index in [-0.39, 0.29) is 0 Å². The lowest BCUT2D eigenvalue weighted by atomic mass is 10.5. The van der Waals surface area contributed by atoms with Crippen LogP contribution in [0.3, 0.4) is 0 Å². The molecule has 0 fully saturated rings. The summed E-state index contributed by atoms with van der Waals surface area (Å²) in [5.74, 6) is 0. The van der Waals surface area contributed by atoms with Gasteiger partial charge in [0.15, 0.2) is 0 Å². The molecule has 0 aromatic heterocycles. The molecule has 0 unspecified atom stereocenters. The summed E-state index contributed by atoms with van der Waals surface area (Å²) in [4.78, 5) is 0. The van der Waals surface area contributed by atoms with Gasteiger partial charge in [-0.2, -0.15) is 0 Å². The first-order valence-electron chi connectivity index (χ1n) is 11.2. The molecule has 0 aromatic carbocycles. The second-order valence-electron chi connectivity index (χ2n) is 8.38. The molecule has 2 heteroatoms. The van der Waals surface area contributed by atoms with Crippen molar-refractivity contribution in [1.82, 2.24) is 0 Å². The molecule has 0 aliphatic heterocycles. The van der Waals surface area contributed by atoms with Crippen molar-refractivity contribution in [1.29, 1.82) is 0 Å². The maximum atomic E-state index is 2.66. The molecular weight excluding hydrogens is 320 g/mol. The van der Waals surface area contributed by atoms with Gasteiger partial charge in [-0.25, -0.2) is 0 Å². The van der Waals surface area contributed by atoms with Gasteiger partial charge >= 0.3 is 0 Å². The minimum atomic E-state index is -1.02. The van der Waals surface area contributed by atoms with E-state index in [4.69, 9.17) is 0 Å². The van der Waals surface area contributed by atoms with Crippen LogP contribution >= 0.6 is 0 Å². The Morgan fingerprint density at radius 1 is 0.417 bits per heavy atom. The molecule has 24 heavy (non-hydrogen) atoms. The smallest absolute Gasteiger partial charge is 0.0573 e. The quantitative estimate of drug-likeness (QED) is 0.188. The van der Waals surface area contributed by atoms with Crippen molar-refractivity contribution in [2.45, 2.75) is 128 Å². The van der Waals surface area contributed by atoms with Crippen LogP contribution in [0.2, 0.25) is 48.4 Å². The highest BCUT2D eigenvalue weighted by Crippen LogP contribution is 2.33. The Balaban J connectivity index is 4.91. The van der Waals surface area contributed by atoms with Crippen molar-refractivity contribution in [2.75, 3.05) is 0 Å². The van der Waals surface area contributed by atoms with Crippen LogP contribution in [-0.4, -0.2) is 16.1 Å². The molecule has 0 heterocycles. The summed E-state index contributed by atoms with van der Waals surface area (Å²) in [7, 11) is -2.04. The minimum absolute atomic E-state index is 1.02. The van der Waals surface area contributed by atoms with Crippen molar-refractivity contribution >= 4 is 16.1 Å². The van der Waals surface area contributed by atoms with Crippen LogP contribution in [0.25, 0.3) is 0 Å². The Bertz CT molecular complexity index is 245. The van der Waals surface area contributed by atoms with E-state index in [1.54, 1.807) is 36.3 Å². The van der Waals surface area contributed by atoms with Crippen molar-refractivity contribution in [3.05, 3.63) is 12.2 Å². The normalized spacial score (nSPS) is 13.1. The lowest BCUT2D eigenvalue weighted by molar-refractivity contribution is 0.913. The second-order valence-corrected chi connectivity index (χ2v) is 18.2. The first-order chi connectivity index (χ1) is 11.6. The highest BCUT2D eigenvalue weighted by Gasteiger charge is 2.30. The summed E-state index contributed by atoms with van der Waals surface area (Å²) in [6.07, 6.45) is 13.7. The van der Waals surface area contributed by atoms with Gasteiger partial charge in [-0.15, -0.1) is 0 Å².